The number of hydrogen-bond acceptors (Lipinski definition) is 2. The Morgan fingerprint density at radius 3 is 1.78 bits per heavy atom. The van der Waals surface area contributed by atoms with Gasteiger partial charge in [0.05, 0.1) is 6.04 Å². The minimum atomic E-state index is -2.63. The van der Waals surface area contributed by atoms with E-state index in [0.717, 1.165) is 17.2 Å². The molecule has 0 fully saturated rings. The zero-order valence-corrected chi connectivity index (χ0v) is 15.3. The van der Waals surface area contributed by atoms with Gasteiger partial charge in [0.25, 0.3) is 0 Å². The molecule has 3 aromatic carbocycles. The molecule has 2 atom stereocenters. The minimum Gasteiger partial charge on any atom is -0.260 e. The Bertz CT molecular complexity index is 847. The molecule has 0 aliphatic heterocycles. The van der Waals surface area contributed by atoms with Gasteiger partial charge in [0.1, 0.15) is 11.6 Å². The fourth-order valence-electron chi connectivity index (χ4n) is 3.02. The Kier molecular flexibility index (Phi) is 6.40. The molecule has 0 aromatic heterocycles. The van der Waals surface area contributed by atoms with Gasteiger partial charge in [-0.3, -0.25) is 5.32 Å². The first-order valence-corrected chi connectivity index (χ1v) is 9.77. The molecule has 27 heavy (non-hydrogen) atoms. The van der Waals surface area contributed by atoms with Crippen molar-refractivity contribution in [3.63, 3.8) is 0 Å². The first kappa shape index (κ1) is 19.3. The molecule has 0 aliphatic carbocycles. The van der Waals surface area contributed by atoms with E-state index in [9.17, 15) is 18.2 Å². The van der Waals surface area contributed by atoms with Gasteiger partial charge in [0.2, 0.25) is 5.78 Å². The molecular formula is C21H19F2NO2P+. The van der Waals surface area contributed by atoms with Crippen LogP contribution in [0.3, 0.4) is 0 Å². The molecule has 0 amide bonds. The zero-order valence-electron chi connectivity index (χ0n) is 14.4. The molecule has 0 spiro atoms. The SMILES string of the molecule is O=[P+](O)C(Cc1cc(F)cc(F)c1)NC(c1ccccc1)c1ccccc1. The van der Waals surface area contributed by atoms with Crippen LogP contribution in [0.5, 0.6) is 0 Å². The summed E-state index contributed by atoms with van der Waals surface area (Å²) in [6, 6.07) is 21.9. The average molecular weight is 386 g/mol. The van der Waals surface area contributed by atoms with E-state index in [4.69, 9.17) is 0 Å². The minimum absolute atomic E-state index is 0.0244. The van der Waals surface area contributed by atoms with E-state index in [1.807, 2.05) is 60.7 Å². The van der Waals surface area contributed by atoms with E-state index in [0.29, 0.717) is 5.56 Å². The summed E-state index contributed by atoms with van der Waals surface area (Å²) in [6.45, 7) is 0. The molecule has 0 saturated heterocycles. The molecule has 2 N–H and O–H groups in total. The van der Waals surface area contributed by atoms with Crippen molar-refractivity contribution >= 4 is 8.03 Å². The van der Waals surface area contributed by atoms with Crippen molar-refractivity contribution < 1.29 is 18.2 Å². The molecule has 6 heteroatoms. The first-order valence-electron chi connectivity index (χ1n) is 8.49. The second kappa shape index (κ2) is 8.96. The van der Waals surface area contributed by atoms with E-state index in [2.05, 4.69) is 5.32 Å². The molecule has 0 aliphatic rings. The Morgan fingerprint density at radius 2 is 1.33 bits per heavy atom. The predicted octanol–water partition coefficient (Wildman–Crippen LogP) is 4.95. The number of halogens is 2. The van der Waals surface area contributed by atoms with Crippen LogP contribution in [-0.2, 0) is 11.0 Å². The van der Waals surface area contributed by atoms with E-state index in [-0.39, 0.29) is 12.5 Å². The highest BCUT2D eigenvalue weighted by atomic mass is 31.1. The standard InChI is InChI=1S/C21H18F2NO2P/c22-18-11-15(12-19(23)14-18)13-20(27(25)26)24-21(16-7-3-1-4-8-16)17-9-5-2-6-10-17/h1-12,14,20-21,24H,13H2/p+1. The van der Waals surface area contributed by atoms with Crippen LogP contribution in [0.1, 0.15) is 22.7 Å². The molecule has 3 rings (SSSR count). The van der Waals surface area contributed by atoms with Gasteiger partial charge in [-0.05, 0) is 33.4 Å². The van der Waals surface area contributed by atoms with Crippen molar-refractivity contribution in [2.24, 2.45) is 0 Å². The van der Waals surface area contributed by atoms with Gasteiger partial charge in [-0.25, -0.2) is 8.78 Å². The summed E-state index contributed by atoms with van der Waals surface area (Å²) in [5.74, 6) is -2.29. The van der Waals surface area contributed by atoms with Crippen LogP contribution >= 0.6 is 8.03 Å². The fourth-order valence-corrected chi connectivity index (χ4v) is 3.66. The monoisotopic (exact) mass is 386 g/mol. The molecule has 0 saturated carbocycles. The first-order chi connectivity index (χ1) is 13.0. The summed E-state index contributed by atoms with van der Waals surface area (Å²) in [5.41, 5.74) is 2.18. The Morgan fingerprint density at radius 1 is 0.852 bits per heavy atom. The van der Waals surface area contributed by atoms with Gasteiger partial charge in [0, 0.05) is 12.5 Å². The smallest absolute Gasteiger partial charge is 0.260 e. The van der Waals surface area contributed by atoms with E-state index >= 15 is 0 Å². The van der Waals surface area contributed by atoms with Crippen molar-refractivity contribution in [2.45, 2.75) is 18.2 Å². The molecule has 0 radical (unpaired) electrons. The molecule has 3 aromatic rings. The number of nitrogens with one attached hydrogen (secondary N) is 1. The molecule has 0 heterocycles. The van der Waals surface area contributed by atoms with Crippen molar-refractivity contribution in [3.8, 4) is 0 Å². The summed E-state index contributed by atoms with van der Waals surface area (Å²) in [4.78, 5) is 9.81. The summed E-state index contributed by atoms with van der Waals surface area (Å²) in [6.07, 6.45) is 0.0244. The largest absolute Gasteiger partial charge is 0.525 e. The predicted molar refractivity (Wildman–Crippen MR) is 102 cm³/mol. The second-order valence-corrected chi connectivity index (χ2v) is 7.45. The van der Waals surface area contributed by atoms with Crippen LogP contribution in [0.2, 0.25) is 0 Å². The van der Waals surface area contributed by atoms with Crippen LogP contribution in [0.15, 0.2) is 78.9 Å². The maximum absolute atomic E-state index is 13.5. The normalized spacial score (nSPS) is 12.8. The highest BCUT2D eigenvalue weighted by molar-refractivity contribution is 7.38. The Labute approximate surface area is 157 Å². The van der Waals surface area contributed by atoms with E-state index in [1.165, 1.54) is 12.1 Å². The Hall–Kier alpha value is -2.46. The van der Waals surface area contributed by atoms with Crippen LogP contribution in [-0.4, -0.2) is 10.7 Å². The lowest BCUT2D eigenvalue weighted by Gasteiger charge is -2.21. The molecule has 3 nitrogen and oxygen atoms in total. The second-order valence-electron chi connectivity index (χ2n) is 6.22. The zero-order chi connectivity index (χ0) is 19.2. The van der Waals surface area contributed by atoms with Crippen LogP contribution in [0.4, 0.5) is 8.78 Å². The molecule has 138 valence electrons. The van der Waals surface area contributed by atoms with Crippen molar-refractivity contribution in [1.29, 1.82) is 0 Å². The highest BCUT2D eigenvalue weighted by Crippen LogP contribution is 2.30. The van der Waals surface area contributed by atoms with Crippen LogP contribution in [0, 0.1) is 11.6 Å². The summed E-state index contributed by atoms with van der Waals surface area (Å²) in [5, 5.41) is 3.19. The van der Waals surface area contributed by atoms with Gasteiger partial charge in [0.15, 0.2) is 0 Å². The van der Waals surface area contributed by atoms with Gasteiger partial charge < -0.3 is 0 Å². The average Bonchev–Trinajstić information content (AvgIpc) is 2.65. The van der Waals surface area contributed by atoms with E-state index in [1.54, 1.807) is 0 Å². The lowest BCUT2D eigenvalue weighted by atomic mass is 9.98. The van der Waals surface area contributed by atoms with Gasteiger partial charge in [-0.1, -0.05) is 60.7 Å². The van der Waals surface area contributed by atoms with Crippen molar-refractivity contribution in [1.82, 2.24) is 5.32 Å². The highest BCUT2D eigenvalue weighted by Gasteiger charge is 2.32. The lowest BCUT2D eigenvalue weighted by molar-refractivity contribution is 0.456. The summed E-state index contributed by atoms with van der Waals surface area (Å²) in [7, 11) is -2.63. The fraction of sp³-hybridized carbons (Fsp3) is 0.143. The topological polar surface area (TPSA) is 49.3 Å². The van der Waals surface area contributed by atoms with Gasteiger partial charge in [-0.2, -0.15) is 4.89 Å². The quantitative estimate of drug-likeness (QED) is 0.565. The third kappa shape index (κ3) is 5.27. The third-order valence-corrected chi connectivity index (χ3v) is 5.11. The number of benzene rings is 3. The number of hydrogen-bond donors (Lipinski definition) is 2. The molecule has 0 bridgehead atoms. The number of rotatable bonds is 7. The van der Waals surface area contributed by atoms with E-state index < -0.39 is 25.4 Å². The van der Waals surface area contributed by atoms with Crippen molar-refractivity contribution in [2.75, 3.05) is 0 Å². The van der Waals surface area contributed by atoms with Gasteiger partial charge in [-0.15, -0.1) is 0 Å². The maximum Gasteiger partial charge on any atom is 0.525 e. The lowest BCUT2D eigenvalue weighted by Crippen LogP contribution is -2.33. The summed E-state index contributed by atoms with van der Waals surface area (Å²) >= 11 is 0. The summed E-state index contributed by atoms with van der Waals surface area (Å²) < 4.78 is 38.9. The molecule has 2 unspecified atom stereocenters. The van der Waals surface area contributed by atoms with Crippen molar-refractivity contribution in [3.05, 3.63) is 107 Å². The molecular weight excluding hydrogens is 367 g/mol. The van der Waals surface area contributed by atoms with Crippen LogP contribution < -0.4 is 5.32 Å². The third-order valence-electron chi connectivity index (χ3n) is 4.24. The van der Waals surface area contributed by atoms with Gasteiger partial charge >= 0.3 is 8.03 Å². The Balaban J connectivity index is 1.90. The van der Waals surface area contributed by atoms with Crippen LogP contribution in [0.25, 0.3) is 0 Å². The maximum atomic E-state index is 13.5.